The molecule has 1 unspecified atom stereocenters. The number of carboxylic acids is 1. The second kappa shape index (κ2) is 4.24. The highest BCUT2D eigenvalue weighted by Crippen LogP contribution is 2.21. The molecule has 76 valence electrons. The van der Waals surface area contributed by atoms with E-state index in [2.05, 4.69) is 5.32 Å². The van der Waals surface area contributed by atoms with Gasteiger partial charge in [-0.05, 0) is 38.1 Å². The predicted molar refractivity (Wildman–Crippen MR) is 55.6 cm³/mol. The highest BCUT2D eigenvalue weighted by atomic mass is 16.4. The van der Waals surface area contributed by atoms with E-state index in [1.165, 1.54) is 0 Å². The molecular weight excluding hydrogens is 178 g/mol. The van der Waals surface area contributed by atoms with Gasteiger partial charge in [-0.1, -0.05) is 12.1 Å². The Hall–Kier alpha value is -1.35. The van der Waals surface area contributed by atoms with Crippen molar-refractivity contribution in [3.05, 3.63) is 34.9 Å². The summed E-state index contributed by atoms with van der Waals surface area (Å²) in [4.78, 5) is 11.0. The highest BCUT2D eigenvalue weighted by molar-refractivity contribution is 5.90. The number of aromatic carboxylic acids is 1. The molecule has 0 aliphatic rings. The number of hydrogen-bond donors (Lipinski definition) is 2. The third-order valence-electron chi connectivity index (χ3n) is 2.42. The first-order valence-corrected chi connectivity index (χ1v) is 4.58. The molecule has 0 heterocycles. The summed E-state index contributed by atoms with van der Waals surface area (Å²) in [6.45, 7) is 3.88. The highest BCUT2D eigenvalue weighted by Gasteiger charge is 2.15. The number of carbonyl (C=O) groups is 1. The van der Waals surface area contributed by atoms with Gasteiger partial charge in [0.2, 0.25) is 0 Å². The fraction of sp³-hybridized carbons (Fsp3) is 0.364. The Kier molecular flexibility index (Phi) is 3.25. The minimum absolute atomic E-state index is 0.0577. The molecular formula is C11H15NO2. The van der Waals surface area contributed by atoms with E-state index in [9.17, 15) is 4.79 Å². The second-order valence-electron chi connectivity index (χ2n) is 3.35. The third kappa shape index (κ3) is 1.93. The molecule has 0 aliphatic heterocycles. The van der Waals surface area contributed by atoms with E-state index in [4.69, 9.17) is 5.11 Å². The summed E-state index contributed by atoms with van der Waals surface area (Å²) in [5.74, 6) is -0.870. The SMILES string of the molecule is CNC(C)c1c(C)cccc1C(=O)O. The molecule has 3 nitrogen and oxygen atoms in total. The van der Waals surface area contributed by atoms with E-state index >= 15 is 0 Å². The lowest BCUT2D eigenvalue weighted by molar-refractivity contribution is 0.0695. The molecule has 0 amide bonds. The van der Waals surface area contributed by atoms with Gasteiger partial charge in [-0.15, -0.1) is 0 Å². The van der Waals surface area contributed by atoms with Crippen LogP contribution in [0.1, 0.15) is 34.5 Å². The molecule has 1 atom stereocenters. The van der Waals surface area contributed by atoms with Crippen molar-refractivity contribution >= 4 is 5.97 Å². The zero-order valence-electron chi connectivity index (χ0n) is 8.66. The van der Waals surface area contributed by atoms with E-state index < -0.39 is 5.97 Å². The summed E-state index contributed by atoms with van der Waals surface area (Å²) in [6.07, 6.45) is 0. The Balaban J connectivity index is 3.29. The Labute approximate surface area is 83.8 Å². The molecule has 0 radical (unpaired) electrons. The van der Waals surface area contributed by atoms with Crippen LogP contribution in [0.25, 0.3) is 0 Å². The Bertz CT molecular complexity index is 347. The summed E-state index contributed by atoms with van der Waals surface area (Å²) in [5, 5.41) is 12.1. The number of aryl methyl sites for hydroxylation is 1. The maximum atomic E-state index is 11.0. The van der Waals surface area contributed by atoms with Gasteiger partial charge in [-0.25, -0.2) is 4.79 Å². The second-order valence-corrected chi connectivity index (χ2v) is 3.35. The van der Waals surface area contributed by atoms with Crippen molar-refractivity contribution in [3.63, 3.8) is 0 Å². The molecule has 2 N–H and O–H groups in total. The molecule has 0 bridgehead atoms. The van der Waals surface area contributed by atoms with E-state index in [0.29, 0.717) is 5.56 Å². The van der Waals surface area contributed by atoms with Crippen molar-refractivity contribution in [3.8, 4) is 0 Å². The van der Waals surface area contributed by atoms with Crippen LogP contribution in [0.5, 0.6) is 0 Å². The van der Waals surface area contributed by atoms with Crippen LogP contribution in [-0.4, -0.2) is 18.1 Å². The molecule has 0 saturated heterocycles. The van der Waals surface area contributed by atoms with Gasteiger partial charge in [0.25, 0.3) is 0 Å². The molecule has 0 fully saturated rings. The normalized spacial score (nSPS) is 12.5. The van der Waals surface area contributed by atoms with Crippen molar-refractivity contribution in [2.75, 3.05) is 7.05 Å². The first kappa shape index (κ1) is 10.7. The van der Waals surface area contributed by atoms with Crippen LogP contribution in [0.4, 0.5) is 0 Å². The Morgan fingerprint density at radius 1 is 1.50 bits per heavy atom. The summed E-state index contributed by atoms with van der Waals surface area (Å²) in [6, 6.07) is 5.39. The number of benzene rings is 1. The zero-order valence-corrected chi connectivity index (χ0v) is 8.66. The summed E-state index contributed by atoms with van der Waals surface area (Å²) >= 11 is 0. The van der Waals surface area contributed by atoms with Crippen molar-refractivity contribution in [2.45, 2.75) is 19.9 Å². The lowest BCUT2D eigenvalue weighted by atomic mass is 9.96. The quantitative estimate of drug-likeness (QED) is 0.771. The average Bonchev–Trinajstić information content (AvgIpc) is 2.16. The van der Waals surface area contributed by atoms with Crippen LogP contribution in [-0.2, 0) is 0 Å². The van der Waals surface area contributed by atoms with Gasteiger partial charge in [-0.3, -0.25) is 0 Å². The lowest BCUT2D eigenvalue weighted by Gasteiger charge is -2.16. The molecule has 1 aromatic rings. The van der Waals surface area contributed by atoms with E-state index in [1.54, 1.807) is 12.1 Å². The van der Waals surface area contributed by atoms with Gasteiger partial charge in [0.1, 0.15) is 0 Å². The molecule has 0 spiro atoms. The zero-order chi connectivity index (χ0) is 10.7. The number of hydrogen-bond acceptors (Lipinski definition) is 2. The van der Waals surface area contributed by atoms with Gasteiger partial charge in [-0.2, -0.15) is 0 Å². The molecule has 3 heteroatoms. The maximum Gasteiger partial charge on any atom is 0.336 e. The van der Waals surface area contributed by atoms with Crippen LogP contribution < -0.4 is 5.32 Å². The summed E-state index contributed by atoms with van der Waals surface area (Å²) in [7, 11) is 1.82. The Morgan fingerprint density at radius 3 is 2.64 bits per heavy atom. The molecule has 14 heavy (non-hydrogen) atoms. The van der Waals surface area contributed by atoms with Gasteiger partial charge >= 0.3 is 5.97 Å². The van der Waals surface area contributed by atoms with E-state index in [1.807, 2.05) is 27.0 Å². The first-order valence-electron chi connectivity index (χ1n) is 4.58. The topological polar surface area (TPSA) is 49.3 Å². The first-order chi connectivity index (χ1) is 6.57. The Morgan fingerprint density at radius 2 is 2.14 bits per heavy atom. The fourth-order valence-electron chi connectivity index (χ4n) is 1.59. The minimum Gasteiger partial charge on any atom is -0.478 e. The predicted octanol–water partition coefficient (Wildman–Crippen LogP) is 1.97. The van der Waals surface area contributed by atoms with Crippen molar-refractivity contribution in [1.29, 1.82) is 0 Å². The largest absolute Gasteiger partial charge is 0.478 e. The van der Waals surface area contributed by atoms with Crippen LogP contribution >= 0.6 is 0 Å². The van der Waals surface area contributed by atoms with E-state index in [-0.39, 0.29) is 6.04 Å². The third-order valence-corrected chi connectivity index (χ3v) is 2.42. The van der Waals surface area contributed by atoms with Crippen molar-refractivity contribution < 1.29 is 9.90 Å². The van der Waals surface area contributed by atoms with Crippen LogP contribution in [0, 0.1) is 6.92 Å². The minimum atomic E-state index is -0.870. The van der Waals surface area contributed by atoms with E-state index in [0.717, 1.165) is 11.1 Å². The average molecular weight is 193 g/mol. The standard InChI is InChI=1S/C11H15NO2/c1-7-5-4-6-9(11(13)14)10(7)8(2)12-3/h4-6,8,12H,1-3H3,(H,13,14). The number of carboxylic acid groups (broad SMARTS) is 1. The maximum absolute atomic E-state index is 11.0. The van der Waals surface area contributed by atoms with Crippen LogP contribution in [0.15, 0.2) is 18.2 Å². The fourth-order valence-corrected chi connectivity index (χ4v) is 1.59. The smallest absolute Gasteiger partial charge is 0.336 e. The molecule has 0 aromatic heterocycles. The van der Waals surface area contributed by atoms with Gasteiger partial charge in [0, 0.05) is 6.04 Å². The van der Waals surface area contributed by atoms with Gasteiger partial charge < -0.3 is 10.4 Å². The van der Waals surface area contributed by atoms with Crippen LogP contribution in [0.2, 0.25) is 0 Å². The van der Waals surface area contributed by atoms with Crippen LogP contribution in [0.3, 0.4) is 0 Å². The monoisotopic (exact) mass is 193 g/mol. The number of nitrogens with one attached hydrogen (secondary N) is 1. The summed E-state index contributed by atoms with van der Waals surface area (Å²) < 4.78 is 0. The lowest BCUT2D eigenvalue weighted by Crippen LogP contribution is -2.17. The molecule has 0 saturated carbocycles. The molecule has 0 aliphatic carbocycles. The summed E-state index contributed by atoms with van der Waals surface area (Å²) in [5.41, 5.74) is 2.25. The van der Waals surface area contributed by atoms with Crippen molar-refractivity contribution in [1.82, 2.24) is 5.32 Å². The van der Waals surface area contributed by atoms with Gasteiger partial charge in [0.05, 0.1) is 5.56 Å². The molecule has 1 rings (SSSR count). The van der Waals surface area contributed by atoms with Crippen molar-refractivity contribution in [2.24, 2.45) is 0 Å². The molecule has 1 aromatic carbocycles. The number of rotatable bonds is 3. The van der Waals surface area contributed by atoms with Gasteiger partial charge in [0.15, 0.2) is 0 Å².